The van der Waals surface area contributed by atoms with Gasteiger partial charge in [-0.15, -0.1) is 0 Å². The number of rotatable bonds is 4. The van der Waals surface area contributed by atoms with Crippen LogP contribution in [0.15, 0.2) is 54.6 Å². The van der Waals surface area contributed by atoms with Crippen LogP contribution in [0.1, 0.15) is 47.5 Å². The number of benzene rings is 2. The van der Waals surface area contributed by atoms with E-state index in [0.717, 1.165) is 44.5 Å². The Morgan fingerprint density at radius 3 is 2.23 bits per heavy atom. The maximum absolute atomic E-state index is 13.2. The van der Waals surface area contributed by atoms with Gasteiger partial charge in [0.2, 0.25) is 5.91 Å². The van der Waals surface area contributed by atoms with Gasteiger partial charge < -0.3 is 14.5 Å². The number of piperidine rings is 2. The molecule has 2 amide bonds. The van der Waals surface area contributed by atoms with Crippen LogP contribution in [-0.4, -0.2) is 54.9 Å². The molecule has 0 aromatic heterocycles. The van der Waals surface area contributed by atoms with Gasteiger partial charge in [0.15, 0.2) is 0 Å². The zero-order chi connectivity index (χ0) is 20.9. The van der Waals surface area contributed by atoms with Crippen LogP contribution in [0.5, 0.6) is 5.75 Å². The first-order valence-corrected chi connectivity index (χ1v) is 10.9. The first-order valence-electron chi connectivity index (χ1n) is 10.9. The van der Waals surface area contributed by atoms with Crippen molar-refractivity contribution in [3.05, 3.63) is 65.7 Å². The van der Waals surface area contributed by atoms with Crippen molar-refractivity contribution in [3.63, 3.8) is 0 Å². The minimum absolute atomic E-state index is 0.00191. The second-order valence-corrected chi connectivity index (χ2v) is 8.33. The minimum Gasteiger partial charge on any atom is -0.497 e. The van der Waals surface area contributed by atoms with Gasteiger partial charge in [0.05, 0.1) is 13.0 Å². The van der Waals surface area contributed by atoms with Crippen molar-refractivity contribution in [2.24, 2.45) is 5.92 Å². The number of carbonyl (C=O) groups is 2. The van der Waals surface area contributed by atoms with Crippen LogP contribution in [-0.2, 0) is 4.79 Å². The summed E-state index contributed by atoms with van der Waals surface area (Å²) in [7, 11) is 1.61. The van der Waals surface area contributed by atoms with E-state index in [4.69, 9.17) is 4.74 Å². The Morgan fingerprint density at radius 1 is 0.867 bits per heavy atom. The van der Waals surface area contributed by atoms with Gasteiger partial charge in [-0.3, -0.25) is 9.59 Å². The minimum atomic E-state index is -0.0887. The Hall–Kier alpha value is -2.82. The highest BCUT2D eigenvalue weighted by atomic mass is 16.5. The maximum Gasteiger partial charge on any atom is 0.253 e. The predicted molar refractivity (Wildman–Crippen MR) is 117 cm³/mol. The Balaban J connectivity index is 1.34. The second kappa shape index (κ2) is 9.33. The molecular formula is C25H30N2O3. The molecule has 5 nitrogen and oxygen atoms in total. The SMILES string of the molecule is COc1ccc(C(=O)N2CCCC(C(=O)N3CCC(c4ccccc4)CC3)C2)cc1. The van der Waals surface area contributed by atoms with E-state index in [0.29, 0.717) is 24.6 Å². The fourth-order valence-corrected chi connectivity index (χ4v) is 4.70. The third-order valence-electron chi connectivity index (χ3n) is 6.47. The first kappa shape index (κ1) is 20.5. The summed E-state index contributed by atoms with van der Waals surface area (Å²) in [6.07, 6.45) is 3.76. The number of methoxy groups -OCH3 is 1. The molecule has 2 aromatic rings. The van der Waals surface area contributed by atoms with Gasteiger partial charge in [-0.25, -0.2) is 0 Å². The molecule has 2 aromatic carbocycles. The van der Waals surface area contributed by atoms with E-state index in [1.54, 1.807) is 31.4 Å². The lowest BCUT2D eigenvalue weighted by Crippen LogP contribution is -2.48. The lowest BCUT2D eigenvalue weighted by molar-refractivity contribution is -0.138. The molecule has 0 spiro atoms. The van der Waals surface area contributed by atoms with Crippen molar-refractivity contribution in [1.29, 1.82) is 0 Å². The Morgan fingerprint density at radius 2 is 1.57 bits per heavy atom. The molecule has 0 N–H and O–H groups in total. The monoisotopic (exact) mass is 406 g/mol. The van der Waals surface area contributed by atoms with Crippen LogP contribution in [0.2, 0.25) is 0 Å². The molecule has 158 valence electrons. The quantitative estimate of drug-likeness (QED) is 0.772. The Bertz CT molecular complexity index is 858. The molecule has 2 aliphatic rings. The van der Waals surface area contributed by atoms with Crippen molar-refractivity contribution >= 4 is 11.8 Å². The van der Waals surface area contributed by atoms with E-state index >= 15 is 0 Å². The van der Waals surface area contributed by atoms with Gasteiger partial charge in [0, 0.05) is 31.7 Å². The van der Waals surface area contributed by atoms with Crippen LogP contribution in [0.25, 0.3) is 0 Å². The van der Waals surface area contributed by atoms with Gasteiger partial charge >= 0.3 is 0 Å². The Kier molecular flexibility index (Phi) is 6.36. The number of nitrogens with zero attached hydrogens (tertiary/aromatic N) is 2. The summed E-state index contributed by atoms with van der Waals surface area (Å²) in [6.45, 7) is 2.84. The van der Waals surface area contributed by atoms with E-state index < -0.39 is 0 Å². The molecule has 1 atom stereocenters. The summed E-state index contributed by atoms with van der Waals surface area (Å²) in [5, 5.41) is 0. The molecular weight excluding hydrogens is 376 g/mol. The van der Waals surface area contributed by atoms with E-state index in [1.807, 2.05) is 15.9 Å². The van der Waals surface area contributed by atoms with E-state index in [1.165, 1.54) is 5.56 Å². The zero-order valence-electron chi connectivity index (χ0n) is 17.6. The number of amides is 2. The largest absolute Gasteiger partial charge is 0.497 e. The van der Waals surface area contributed by atoms with Crippen LogP contribution >= 0.6 is 0 Å². The molecule has 2 fully saturated rings. The zero-order valence-corrected chi connectivity index (χ0v) is 17.6. The summed E-state index contributed by atoms with van der Waals surface area (Å²) in [5.41, 5.74) is 2.02. The molecule has 30 heavy (non-hydrogen) atoms. The van der Waals surface area contributed by atoms with E-state index in [9.17, 15) is 9.59 Å². The van der Waals surface area contributed by atoms with Crippen molar-refractivity contribution in [2.45, 2.75) is 31.6 Å². The van der Waals surface area contributed by atoms with Crippen molar-refractivity contribution in [1.82, 2.24) is 9.80 Å². The predicted octanol–water partition coefficient (Wildman–Crippen LogP) is 3.95. The van der Waals surface area contributed by atoms with Crippen LogP contribution in [0, 0.1) is 5.92 Å². The molecule has 2 saturated heterocycles. The fourth-order valence-electron chi connectivity index (χ4n) is 4.70. The summed E-state index contributed by atoms with van der Waals surface area (Å²) < 4.78 is 5.17. The molecule has 2 heterocycles. The van der Waals surface area contributed by atoms with Crippen molar-refractivity contribution in [2.75, 3.05) is 33.3 Å². The lowest BCUT2D eigenvalue weighted by Gasteiger charge is -2.38. The molecule has 4 rings (SSSR count). The van der Waals surface area contributed by atoms with E-state index in [-0.39, 0.29) is 17.7 Å². The number of carbonyl (C=O) groups excluding carboxylic acids is 2. The number of likely N-dealkylation sites (tertiary alicyclic amines) is 2. The summed E-state index contributed by atoms with van der Waals surface area (Å²) >= 11 is 0. The molecule has 5 heteroatoms. The highest BCUT2D eigenvalue weighted by Gasteiger charge is 2.33. The summed E-state index contributed by atoms with van der Waals surface area (Å²) in [6, 6.07) is 17.8. The number of ether oxygens (including phenoxy) is 1. The molecule has 0 bridgehead atoms. The number of hydrogen-bond donors (Lipinski definition) is 0. The summed E-state index contributed by atoms with van der Waals surface area (Å²) in [4.78, 5) is 29.9. The van der Waals surface area contributed by atoms with Gasteiger partial charge in [-0.1, -0.05) is 30.3 Å². The average Bonchev–Trinajstić information content (AvgIpc) is 2.84. The highest BCUT2D eigenvalue weighted by molar-refractivity contribution is 5.94. The second-order valence-electron chi connectivity index (χ2n) is 8.33. The molecule has 0 saturated carbocycles. The van der Waals surface area contributed by atoms with Gasteiger partial charge in [-0.2, -0.15) is 0 Å². The fraction of sp³-hybridized carbons (Fsp3) is 0.440. The van der Waals surface area contributed by atoms with E-state index in [2.05, 4.69) is 24.3 Å². The van der Waals surface area contributed by atoms with Gasteiger partial charge in [0.1, 0.15) is 5.75 Å². The standard InChI is InChI=1S/C25H30N2O3/c1-30-23-11-9-21(10-12-23)24(28)27-15-5-8-22(18-27)25(29)26-16-13-20(14-17-26)19-6-3-2-4-7-19/h2-4,6-7,9-12,20,22H,5,8,13-18H2,1H3. The van der Waals surface area contributed by atoms with Crippen molar-refractivity contribution in [3.8, 4) is 5.75 Å². The van der Waals surface area contributed by atoms with Crippen LogP contribution in [0.4, 0.5) is 0 Å². The molecule has 0 aliphatic carbocycles. The normalized spacial score (nSPS) is 20.1. The molecule has 0 radical (unpaired) electrons. The topological polar surface area (TPSA) is 49.9 Å². The molecule has 2 aliphatic heterocycles. The summed E-state index contributed by atoms with van der Waals surface area (Å²) in [5.74, 6) is 1.40. The average molecular weight is 407 g/mol. The van der Waals surface area contributed by atoms with Gasteiger partial charge in [0.25, 0.3) is 5.91 Å². The smallest absolute Gasteiger partial charge is 0.253 e. The lowest BCUT2D eigenvalue weighted by atomic mass is 9.88. The van der Waals surface area contributed by atoms with Crippen LogP contribution in [0.3, 0.4) is 0 Å². The first-order chi connectivity index (χ1) is 14.7. The number of hydrogen-bond acceptors (Lipinski definition) is 3. The Labute approximate surface area is 178 Å². The maximum atomic E-state index is 13.2. The van der Waals surface area contributed by atoms with Crippen LogP contribution < -0.4 is 4.74 Å². The van der Waals surface area contributed by atoms with Crippen molar-refractivity contribution < 1.29 is 14.3 Å². The van der Waals surface area contributed by atoms with Gasteiger partial charge in [-0.05, 0) is 61.4 Å². The third-order valence-corrected chi connectivity index (χ3v) is 6.47. The molecule has 1 unspecified atom stereocenters. The highest BCUT2D eigenvalue weighted by Crippen LogP contribution is 2.29. The third kappa shape index (κ3) is 4.50.